The number of anilines is 2. The van der Waals surface area contributed by atoms with Gasteiger partial charge in [-0.1, -0.05) is 6.07 Å². The quantitative estimate of drug-likeness (QED) is 0.650. The van der Waals surface area contributed by atoms with Crippen LogP contribution in [0.2, 0.25) is 0 Å². The van der Waals surface area contributed by atoms with Crippen molar-refractivity contribution in [3.63, 3.8) is 0 Å². The van der Waals surface area contributed by atoms with E-state index in [9.17, 15) is 8.42 Å². The Morgan fingerprint density at radius 3 is 2.75 bits per heavy atom. The van der Waals surface area contributed by atoms with Gasteiger partial charge in [0.05, 0.1) is 11.4 Å². The van der Waals surface area contributed by atoms with Gasteiger partial charge in [0.15, 0.2) is 5.82 Å². The second kappa shape index (κ2) is 5.47. The van der Waals surface area contributed by atoms with Crippen LogP contribution in [0.5, 0.6) is 0 Å². The minimum atomic E-state index is -3.82. The molecule has 0 unspecified atom stereocenters. The van der Waals surface area contributed by atoms with Crippen LogP contribution in [-0.4, -0.2) is 29.7 Å². The van der Waals surface area contributed by atoms with Crippen molar-refractivity contribution in [3.8, 4) is 0 Å². The summed E-state index contributed by atoms with van der Waals surface area (Å²) in [5, 5.41) is 12.3. The van der Waals surface area contributed by atoms with Gasteiger partial charge < -0.3 is 11.1 Å². The van der Waals surface area contributed by atoms with Crippen molar-refractivity contribution in [2.45, 2.75) is 11.3 Å². The number of nitrogens with zero attached hydrogens (tertiary/aromatic N) is 3. The lowest BCUT2D eigenvalue weighted by molar-refractivity contribution is 0.598. The van der Waals surface area contributed by atoms with Gasteiger partial charge in [-0.2, -0.15) is 5.10 Å². The highest BCUT2D eigenvalue weighted by atomic mass is 32.2. The highest BCUT2D eigenvalue weighted by molar-refractivity contribution is 7.89. The van der Waals surface area contributed by atoms with Crippen molar-refractivity contribution in [3.05, 3.63) is 30.4 Å². The van der Waals surface area contributed by atoms with Crippen LogP contribution in [0.25, 0.3) is 0 Å². The molecule has 0 saturated heterocycles. The van der Waals surface area contributed by atoms with Crippen LogP contribution >= 0.6 is 0 Å². The van der Waals surface area contributed by atoms with E-state index < -0.39 is 10.0 Å². The summed E-state index contributed by atoms with van der Waals surface area (Å²) in [5.74, 6) is 0.696. The van der Waals surface area contributed by atoms with E-state index in [1.165, 1.54) is 6.07 Å². The number of benzene rings is 1. The Balaban J connectivity index is 2.07. The topological polar surface area (TPSA) is 129 Å². The van der Waals surface area contributed by atoms with E-state index in [1.54, 1.807) is 30.2 Å². The average molecular weight is 296 g/mol. The minimum Gasteiger partial charge on any atom is -0.396 e. The Bertz CT molecular complexity index is 709. The van der Waals surface area contributed by atoms with Crippen LogP contribution in [0.4, 0.5) is 11.4 Å². The van der Waals surface area contributed by atoms with Crippen LogP contribution in [0.1, 0.15) is 5.82 Å². The molecule has 0 radical (unpaired) electrons. The molecule has 8 nitrogen and oxygen atoms in total. The average Bonchev–Trinajstić information content (AvgIpc) is 2.76. The van der Waals surface area contributed by atoms with Crippen molar-refractivity contribution in [1.29, 1.82) is 0 Å². The molecule has 0 fully saturated rings. The number of nitrogens with two attached hydrogens (primary N) is 2. The van der Waals surface area contributed by atoms with E-state index in [1.807, 2.05) is 0 Å². The van der Waals surface area contributed by atoms with Crippen molar-refractivity contribution < 1.29 is 8.42 Å². The van der Waals surface area contributed by atoms with Crippen molar-refractivity contribution in [2.75, 3.05) is 17.6 Å². The number of sulfonamides is 1. The van der Waals surface area contributed by atoms with Crippen molar-refractivity contribution in [1.82, 2.24) is 14.8 Å². The molecule has 0 amide bonds. The standard InChI is InChI=1S/C11H16N6O2S/c1-17-7-15-10(16-17)5-6-14-8-3-2-4-9(11(8)12)20(13,18)19/h2-4,7,14H,5-6,12H2,1H3,(H2,13,18,19). The molecular weight excluding hydrogens is 280 g/mol. The number of aryl methyl sites for hydroxylation is 1. The highest BCUT2D eigenvalue weighted by Gasteiger charge is 2.14. The number of nitrogens with one attached hydrogen (secondary N) is 1. The van der Waals surface area contributed by atoms with Gasteiger partial charge in [0, 0.05) is 20.0 Å². The van der Waals surface area contributed by atoms with E-state index in [-0.39, 0.29) is 10.6 Å². The van der Waals surface area contributed by atoms with Crippen molar-refractivity contribution in [2.24, 2.45) is 12.2 Å². The molecule has 0 aliphatic heterocycles. The number of hydrogen-bond donors (Lipinski definition) is 3. The van der Waals surface area contributed by atoms with Crippen molar-refractivity contribution >= 4 is 21.4 Å². The van der Waals surface area contributed by atoms with Gasteiger partial charge in [0.25, 0.3) is 0 Å². The lowest BCUT2D eigenvalue weighted by Crippen LogP contribution is -2.16. The predicted octanol–water partition coefficient (Wildman–Crippen LogP) is -0.301. The maximum atomic E-state index is 11.4. The summed E-state index contributed by atoms with van der Waals surface area (Å²) >= 11 is 0. The Labute approximate surface area is 116 Å². The summed E-state index contributed by atoms with van der Waals surface area (Å²) in [4.78, 5) is 4.01. The summed E-state index contributed by atoms with van der Waals surface area (Å²) in [7, 11) is -2.03. The number of nitrogen functional groups attached to an aromatic ring is 1. The molecule has 1 aromatic heterocycles. The maximum Gasteiger partial charge on any atom is 0.240 e. The van der Waals surface area contributed by atoms with Gasteiger partial charge in [-0.05, 0) is 12.1 Å². The zero-order valence-electron chi connectivity index (χ0n) is 10.9. The summed E-state index contributed by atoms with van der Waals surface area (Å²) in [5.41, 5.74) is 6.43. The van der Waals surface area contributed by atoms with Crippen LogP contribution in [0.15, 0.2) is 29.4 Å². The normalized spacial score (nSPS) is 11.5. The number of hydrogen-bond acceptors (Lipinski definition) is 6. The van der Waals surface area contributed by atoms with E-state index in [0.717, 1.165) is 0 Å². The van der Waals surface area contributed by atoms with Crippen LogP contribution in [-0.2, 0) is 23.5 Å². The largest absolute Gasteiger partial charge is 0.396 e. The predicted molar refractivity (Wildman–Crippen MR) is 75.4 cm³/mol. The molecule has 9 heteroatoms. The third kappa shape index (κ3) is 3.25. The summed E-state index contributed by atoms with van der Waals surface area (Å²) < 4.78 is 24.3. The lowest BCUT2D eigenvalue weighted by Gasteiger charge is -2.11. The highest BCUT2D eigenvalue weighted by Crippen LogP contribution is 2.25. The van der Waals surface area contributed by atoms with Crippen LogP contribution in [0, 0.1) is 0 Å². The number of para-hydroxylation sites is 1. The second-order valence-corrected chi connectivity index (χ2v) is 5.80. The first kappa shape index (κ1) is 14.3. The smallest absolute Gasteiger partial charge is 0.240 e. The summed E-state index contributed by atoms with van der Waals surface area (Å²) in [6, 6.07) is 4.64. The minimum absolute atomic E-state index is 0.0848. The van der Waals surface area contributed by atoms with E-state index in [2.05, 4.69) is 15.4 Å². The Morgan fingerprint density at radius 1 is 1.40 bits per heavy atom. The SMILES string of the molecule is Cn1cnc(CCNc2cccc(S(N)(=O)=O)c2N)n1. The number of primary sulfonamides is 1. The van der Waals surface area contributed by atoms with Gasteiger partial charge in [-0.15, -0.1) is 0 Å². The Morgan fingerprint density at radius 2 is 2.15 bits per heavy atom. The fraction of sp³-hybridized carbons (Fsp3) is 0.273. The van der Waals surface area contributed by atoms with Gasteiger partial charge in [0.2, 0.25) is 10.0 Å². The maximum absolute atomic E-state index is 11.4. The first-order valence-corrected chi connectivity index (χ1v) is 7.42. The lowest BCUT2D eigenvalue weighted by atomic mass is 10.2. The van der Waals surface area contributed by atoms with Gasteiger partial charge >= 0.3 is 0 Å². The van der Waals surface area contributed by atoms with Crippen LogP contribution in [0.3, 0.4) is 0 Å². The molecule has 2 aromatic rings. The fourth-order valence-electron chi connectivity index (χ4n) is 1.75. The van der Waals surface area contributed by atoms with Crippen LogP contribution < -0.4 is 16.2 Å². The van der Waals surface area contributed by atoms with Gasteiger partial charge in [0.1, 0.15) is 11.2 Å². The monoisotopic (exact) mass is 296 g/mol. The molecule has 0 aliphatic rings. The Hall–Kier alpha value is -2.13. The first-order valence-electron chi connectivity index (χ1n) is 5.87. The Kier molecular flexibility index (Phi) is 3.91. The molecular formula is C11H16N6O2S. The molecule has 20 heavy (non-hydrogen) atoms. The number of aromatic nitrogens is 3. The molecule has 0 bridgehead atoms. The fourth-order valence-corrected chi connectivity index (χ4v) is 2.44. The summed E-state index contributed by atoms with van der Waals surface area (Å²) in [6.07, 6.45) is 2.21. The molecule has 5 N–H and O–H groups in total. The van der Waals surface area contributed by atoms with E-state index in [4.69, 9.17) is 10.9 Å². The molecule has 0 atom stereocenters. The molecule has 2 rings (SSSR count). The van der Waals surface area contributed by atoms with E-state index >= 15 is 0 Å². The molecule has 108 valence electrons. The van der Waals surface area contributed by atoms with E-state index in [0.29, 0.717) is 24.5 Å². The zero-order valence-corrected chi connectivity index (χ0v) is 11.8. The van der Waals surface area contributed by atoms with Gasteiger partial charge in [-0.3, -0.25) is 4.68 Å². The molecule has 1 aromatic carbocycles. The third-order valence-electron chi connectivity index (χ3n) is 2.68. The molecule has 0 saturated carbocycles. The third-order valence-corrected chi connectivity index (χ3v) is 3.65. The van der Waals surface area contributed by atoms with Gasteiger partial charge in [-0.25, -0.2) is 18.5 Å². The second-order valence-electron chi connectivity index (χ2n) is 4.27. The number of rotatable bonds is 5. The molecule has 0 spiro atoms. The molecule has 1 heterocycles. The first-order chi connectivity index (χ1) is 9.38. The zero-order chi connectivity index (χ0) is 14.8. The summed E-state index contributed by atoms with van der Waals surface area (Å²) in [6.45, 7) is 0.530. The molecule has 0 aliphatic carbocycles.